The van der Waals surface area contributed by atoms with Crippen molar-refractivity contribution >= 4 is 38.5 Å². The molecule has 1 aliphatic carbocycles. The third kappa shape index (κ3) is 4.04. The lowest BCUT2D eigenvalue weighted by atomic mass is 10.1. The quantitative estimate of drug-likeness (QED) is 0.495. The summed E-state index contributed by atoms with van der Waals surface area (Å²) in [7, 11) is 0. The van der Waals surface area contributed by atoms with E-state index in [2.05, 4.69) is 21.4 Å². The summed E-state index contributed by atoms with van der Waals surface area (Å²) in [5, 5.41) is 11.8. The van der Waals surface area contributed by atoms with Gasteiger partial charge in [-0.3, -0.25) is 4.98 Å². The van der Waals surface area contributed by atoms with Crippen LogP contribution >= 0.6 is 11.3 Å². The summed E-state index contributed by atoms with van der Waals surface area (Å²) >= 11 is 1.62. The predicted molar refractivity (Wildman–Crippen MR) is 115 cm³/mol. The lowest BCUT2D eigenvalue weighted by Crippen LogP contribution is -2.02. The van der Waals surface area contributed by atoms with E-state index in [4.69, 9.17) is 15.9 Å². The lowest BCUT2D eigenvalue weighted by molar-refractivity contribution is 0.482. The number of nitrogens with two attached hydrogens (primary N) is 1. The summed E-state index contributed by atoms with van der Waals surface area (Å²) in [5.74, 6) is 1.37. The molecule has 4 N–H and O–H groups in total. The van der Waals surface area contributed by atoms with Crippen molar-refractivity contribution < 1.29 is 4.74 Å². The third-order valence-corrected chi connectivity index (χ3v) is 5.45. The van der Waals surface area contributed by atoms with E-state index in [0.717, 1.165) is 33.9 Å². The number of allylic oxidation sites excluding steroid dienone is 3. The van der Waals surface area contributed by atoms with Gasteiger partial charge in [0, 0.05) is 42.0 Å². The first-order chi connectivity index (χ1) is 13.7. The number of thiazole rings is 1. The molecule has 0 saturated carbocycles. The van der Waals surface area contributed by atoms with Crippen LogP contribution in [0.3, 0.4) is 0 Å². The number of hydrogen-bond donors (Lipinski definition) is 3. The maximum Gasteiger partial charge on any atom is 0.188 e. The van der Waals surface area contributed by atoms with Crippen LogP contribution in [0.15, 0.2) is 54.5 Å². The minimum absolute atomic E-state index is 0.538. The number of fused-ring (bicyclic) bond motifs is 1. The minimum atomic E-state index is 0.538. The number of benzene rings is 1. The number of aromatic nitrogens is 2. The number of pyridine rings is 1. The Labute approximate surface area is 167 Å². The molecule has 2 heterocycles. The van der Waals surface area contributed by atoms with Crippen molar-refractivity contribution in [1.29, 1.82) is 5.41 Å². The molecule has 0 radical (unpaired) electrons. The van der Waals surface area contributed by atoms with E-state index < -0.39 is 0 Å². The zero-order valence-corrected chi connectivity index (χ0v) is 16.1. The Hall–Kier alpha value is -3.19. The van der Waals surface area contributed by atoms with E-state index in [1.165, 1.54) is 31.0 Å². The van der Waals surface area contributed by atoms with Gasteiger partial charge in [-0.05, 0) is 43.9 Å². The zero-order valence-electron chi connectivity index (χ0n) is 15.3. The molecule has 28 heavy (non-hydrogen) atoms. The van der Waals surface area contributed by atoms with Gasteiger partial charge in [-0.1, -0.05) is 17.4 Å². The first-order valence-corrected chi connectivity index (χ1v) is 10.00. The predicted octanol–water partition coefficient (Wildman–Crippen LogP) is 5.30. The summed E-state index contributed by atoms with van der Waals surface area (Å²) in [6, 6.07) is 9.41. The van der Waals surface area contributed by atoms with E-state index in [1.54, 1.807) is 29.7 Å². The topological polar surface area (TPSA) is 96.9 Å². The van der Waals surface area contributed by atoms with E-state index >= 15 is 0 Å². The van der Waals surface area contributed by atoms with Gasteiger partial charge < -0.3 is 21.2 Å². The van der Waals surface area contributed by atoms with E-state index in [1.807, 2.05) is 18.2 Å². The molecule has 2 aromatic heterocycles. The van der Waals surface area contributed by atoms with Crippen molar-refractivity contribution in [3.05, 3.63) is 60.2 Å². The van der Waals surface area contributed by atoms with Crippen molar-refractivity contribution in [3.63, 3.8) is 0 Å². The average molecular weight is 392 g/mol. The number of ether oxygens (including phenoxy) is 1. The molecule has 1 aliphatic rings. The molecule has 1 aromatic carbocycles. The van der Waals surface area contributed by atoms with Gasteiger partial charge in [-0.15, -0.1) is 0 Å². The van der Waals surface area contributed by atoms with Crippen molar-refractivity contribution in [2.24, 2.45) is 5.73 Å². The van der Waals surface area contributed by atoms with E-state index in [-0.39, 0.29) is 0 Å². The van der Waals surface area contributed by atoms with Crippen molar-refractivity contribution in [1.82, 2.24) is 9.97 Å². The van der Waals surface area contributed by atoms with Crippen LogP contribution in [0.5, 0.6) is 11.5 Å². The standard InChI is InChI=1S/C21H21N5OS/c22-12-14(13-23)19-10-17(8-9-24-19)27-16-6-7-18-20(11-16)28-21(26-18)25-15-4-2-1-3-5-15/h4,6-13,22H,1-3,5,23H2,(H,25,26)/b14-13+,22-12?. The first-order valence-electron chi connectivity index (χ1n) is 9.18. The van der Waals surface area contributed by atoms with Crippen LogP contribution < -0.4 is 15.8 Å². The molecule has 0 saturated heterocycles. The molecular weight excluding hydrogens is 370 g/mol. The molecule has 0 spiro atoms. The van der Waals surface area contributed by atoms with Gasteiger partial charge >= 0.3 is 0 Å². The van der Waals surface area contributed by atoms with Gasteiger partial charge in [-0.25, -0.2) is 4.98 Å². The molecule has 4 rings (SSSR count). The molecule has 0 fully saturated rings. The van der Waals surface area contributed by atoms with Crippen molar-refractivity contribution in [2.75, 3.05) is 5.32 Å². The summed E-state index contributed by atoms with van der Waals surface area (Å²) in [6.07, 6.45) is 11.2. The average Bonchev–Trinajstić information content (AvgIpc) is 3.11. The molecule has 142 valence electrons. The molecule has 0 bridgehead atoms. The maximum absolute atomic E-state index is 7.40. The second kappa shape index (κ2) is 8.22. The summed E-state index contributed by atoms with van der Waals surface area (Å²) in [5.41, 5.74) is 8.89. The molecular formula is C21H21N5OS. The number of nitrogens with one attached hydrogen (secondary N) is 2. The number of hydrogen-bond acceptors (Lipinski definition) is 7. The molecule has 0 aliphatic heterocycles. The number of nitrogens with zero attached hydrogens (tertiary/aromatic N) is 2. The Bertz CT molecular complexity index is 1070. The normalized spacial score (nSPS) is 14.6. The highest BCUT2D eigenvalue weighted by molar-refractivity contribution is 7.22. The Balaban J connectivity index is 1.54. The Kier molecular flexibility index (Phi) is 5.34. The third-order valence-electron chi connectivity index (χ3n) is 4.52. The fourth-order valence-corrected chi connectivity index (χ4v) is 4.01. The molecule has 7 heteroatoms. The van der Waals surface area contributed by atoms with Gasteiger partial charge in [0.25, 0.3) is 0 Å². The Morgan fingerprint density at radius 1 is 1.21 bits per heavy atom. The first kappa shape index (κ1) is 18.2. The minimum Gasteiger partial charge on any atom is -0.457 e. The van der Waals surface area contributed by atoms with Crippen LogP contribution in [-0.2, 0) is 0 Å². The SMILES string of the molecule is N=C/C(=C\N)c1cc(Oc2ccc3nc(NC4=CCCCC4)sc3c2)ccn1. The Morgan fingerprint density at radius 2 is 2.11 bits per heavy atom. The Morgan fingerprint density at radius 3 is 2.89 bits per heavy atom. The molecule has 0 unspecified atom stereocenters. The monoisotopic (exact) mass is 391 g/mol. The highest BCUT2D eigenvalue weighted by Crippen LogP contribution is 2.33. The summed E-state index contributed by atoms with van der Waals surface area (Å²) in [4.78, 5) is 8.90. The van der Waals surface area contributed by atoms with Crippen LogP contribution in [0.1, 0.15) is 31.4 Å². The highest BCUT2D eigenvalue weighted by atomic mass is 32.1. The number of rotatable bonds is 6. The zero-order chi connectivity index (χ0) is 19.3. The van der Waals surface area contributed by atoms with Gasteiger partial charge in [-0.2, -0.15) is 0 Å². The lowest BCUT2D eigenvalue weighted by Gasteiger charge is -2.12. The van der Waals surface area contributed by atoms with E-state index in [0.29, 0.717) is 17.0 Å². The fraction of sp³-hybridized carbons (Fsp3) is 0.190. The van der Waals surface area contributed by atoms with E-state index in [9.17, 15) is 0 Å². The van der Waals surface area contributed by atoms with Crippen molar-refractivity contribution in [3.8, 4) is 11.5 Å². The summed E-state index contributed by atoms with van der Waals surface area (Å²) < 4.78 is 7.05. The van der Waals surface area contributed by atoms with Crippen LogP contribution in [0, 0.1) is 5.41 Å². The van der Waals surface area contributed by atoms with Crippen molar-refractivity contribution in [2.45, 2.75) is 25.7 Å². The second-order valence-corrected chi connectivity index (χ2v) is 7.52. The van der Waals surface area contributed by atoms with Gasteiger partial charge in [0.05, 0.1) is 15.9 Å². The van der Waals surface area contributed by atoms with Crippen LogP contribution in [0.4, 0.5) is 5.13 Å². The van der Waals surface area contributed by atoms with Gasteiger partial charge in [0.2, 0.25) is 0 Å². The van der Waals surface area contributed by atoms with Crippen LogP contribution in [-0.4, -0.2) is 16.2 Å². The number of anilines is 1. The molecule has 0 atom stereocenters. The fourth-order valence-electron chi connectivity index (χ4n) is 3.09. The molecule has 3 aromatic rings. The van der Waals surface area contributed by atoms with Gasteiger partial charge in [0.1, 0.15) is 11.5 Å². The van der Waals surface area contributed by atoms with Crippen LogP contribution in [0.2, 0.25) is 0 Å². The maximum atomic E-state index is 7.40. The van der Waals surface area contributed by atoms with Crippen LogP contribution in [0.25, 0.3) is 15.8 Å². The summed E-state index contributed by atoms with van der Waals surface area (Å²) in [6.45, 7) is 0. The second-order valence-electron chi connectivity index (χ2n) is 6.49. The molecule has 0 amide bonds. The molecule has 6 nitrogen and oxygen atoms in total. The smallest absolute Gasteiger partial charge is 0.188 e. The van der Waals surface area contributed by atoms with Gasteiger partial charge in [0.15, 0.2) is 5.13 Å². The largest absolute Gasteiger partial charge is 0.457 e. The highest BCUT2D eigenvalue weighted by Gasteiger charge is 2.10.